The Morgan fingerprint density at radius 2 is 1.79 bits per heavy atom. The summed E-state index contributed by atoms with van der Waals surface area (Å²) in [4.78, 5) is 49.1. The van der Waals surface area contributed by atoms with Crippen LogP contribution in [0.2, 0.25) is 0 Å². The molecule has 0 unspecified atom stereocenters. The highest BCUT2D eigenvalue weighted by Gasteiger charge is 2.26. The Morgan fingerprint density at radius 3 is 2.45 bits per heavy atom. The molecule has 3 rings (SSSR count). The summed E-state index contributed by atoms with van der Waals surface area (Å²) in [6.45, 7) is 1.46. The van der Waals surface area contributed by atoms with E-state index in [1.165, 1.54) is 18.9 Å². The lowest BCUT2D eigenvalue weighted by atomic mass is 10.1. The first-order valence-electron chi connectivity index (χ1n) is 8.95. The number of nitrogens with zero attached hydrogens (tertiary/aromatic N) is 1. The number of esters is 1. The molecule has 0 spiro atoms. The second-order valence-corrected chi connectivity index (χ2v) is 6.44. The van der Waals surface area contributed by atoms with E-state index in [1.807, 2.05) is 0 Å². The minimum atomic E-state index is -0.461. The van der Waals surface area contributed by atoms with Crippen LogP contribution in [0.25, 0.3) is 0 Å². The molecule has 0 aromatic heterocycles. The van der Waals surface area contributed by atoms with Gasteiger partial charge in [-0.2, -0.15) is 0 Å². The predicted molar refractivity (Wildman–Crippen MR) is 105 cm³/mol. The second-order valence-electron chi connectivity index (χ2n) is 6.44. The molecule has 29 heavy (non-hydrogen) atoms. The number of carbonyl (C=O) groups is 4. The van der Waals surface area contributed by atoms with E-state index < -0.39 is 5.97 Å². The van der Waals surface area contributed by atoms with Crippen LogP contribution in [0.5, 0.6) is 5.75 Å². The number of hydrogen-bond donors (Lipinski definition) is 1. The van der Waals surface area contributed by atoms with Crippen LogP contribution in [0.3, 0.4) is 0 Å². The van der Waals surface area contributed by atoms with E-state index in [0.29, 0.717) is 28.3 Å². The van der Waals surface area contributed by atoms with Crippen molar-refractivity contribution in [3.63, 3.8) is 0 Å². The van der Waals surface area contributed by atoms with Gasteiger partial charge in [-0.25, -0.2) is 4.79 Å². The summed E-state index contributed by atoms with van der Waals surface area (Å²) in [5.74, 6) is -0.669. The Kier molecular flexibility index (Phi) is 5.92. The molecule has 0 saturated heterocycles. The van der Waals surface area contributed by atoms with Crippen molar-refractivity contribution in [1.29, 1.82) is 0 Å². The first-order chi connectivity index (χ1) is 13.9. The quantitative estimate of drug-likeness (QED) is 0.594. The van der Waals surface area contributed by atoms with Crippen LogP contribution in [0, 0.1) is 0 Å². The molecule has 1 aliphatic rings. The first kappa shape index (κ1) is 20.1. The number of rotatable bonds is 6. The molecule has 0 aliphatic carbocycles. The van der Waals surface area contributed by atoms with Gasteiger partial charge in [0.15, 0.2) is 12.4 Å². The third kappa shape index (κ3) is 4.60. The zero-order valence-corrected chi connectivity index (χ0v) is 16.1. The molecule has 0 atom stereocenters. The van der Waals surface area contributed by atoms with Crippen molar-refractivity contribution in [2.45, 2.75) is 13.3 Å². The minimum Gasteiger partial charge on any atom is -0.482 e. The number of carbonyl (C=O) groups excluding carboxylic acids is 4. The fourth-order valence-electron chi connectivity index (χ4n) is 2.91. The number of ketones is 1. The molecule has 150 valence electrons. The lowest BCUT2D eigenvalue weighted by Gasteiger charge is -2.29. The van der Waals surface area contributed by atoms with Crippen LogP contribution < -0.4 is 15.0 Å². The molecular weight excluding hydrogens is 376 g/mol. The van der Waals surface area contributed by atoms with E-state index in [1.54, 1.807) is 42.5 Å². The van der Waals surface area contributed by atoms with E-state index in [2.05, 4.69) is 10.1 Å². The van der Waals surface area contributed by atoms with Crippen molar-refractivity contribution in [3.8, 4) is 5.75 Å². The Labute approximate surface area is 167 Å². The van der Waals surface area contributed by atoms with Gasteiger partial charge in [-0.3, -0.25) is 14.4 Å². The Bertz CT molecular complexity index is 968. The maximum absolute atomic E-state index is 12.3. The van der Waals surface area contributed by atoms with Crippen molar-refractivity contribution in [3.05, 3.63) is 53.6 Å². The van der Waals surface area contributed by atoms with Crippen molar-refractivity contribution < 1.29 is 28.7 Å². The molecule has 2 aromatic carbocycles. The maximum atomic E-state index is 12.3. The average Bonchev–Trinajstić information content (AvgIpc) is 2.72. The number of hydrogen-bond acceptors (Lipinski definition) is 6. The van der Waals surface area contributed by atoms with Crippen molar-refractivity contribution >= 4 is 34.9 Å². The molecule has 8 nitrogen and oxygen atoms in total. The molecule has 0 fully saturated rings. The van der Waals surface area contributed by atoms with Gasteiger partial charge in [-0.15, -0.1) is 0 Å². The van der Waals surface area contributed by atoms with Crippen LogP contribution in [-0.2, 0) is 14.3 Å². The summed E-state index contributed by atoms with van der Waals surface area (Å²) in [6, 6.07) is 11.2. The highest BCUT2D eigenvalue weighted by Crippen LogP contribution is 2.33. The fraction of sp³-hybridized carbons (Fsp3) is 0.238. The van der Waals surface area contributed by atoms with Gasteiger partial charge in [0.05, 0.1) is 18.4 Å². The number of amides is 2. The van der Waals surface area contributed by atoms with Crippen LogP contribution in [0.1, 0.15) is 34.1 Å². The van der Waals surface area contributed by atoms with Gasteiger partial charge in [0.25, 0.3) is 5.91 Å². The topological polar surface area (TPSA) is 102 Å². The summed E-state index contributed by atoms with van der Waals surface area (Å²) in [5.41, 5.74) is 1.84. The molecule has 2 aromatic rings. The Hall–Kier alpha value is -3.68. The average molecular weight is 396 g/mol. The van der Waals surface area contributed by atoms with Gasteiger partial charge in [0.1, 0.15) is 5.75 Å². The van der Waals surface area contributed by atoms with E-state index in [0.717, 1.165) is 0 Å². The lowest BCUT2D eigenvalue weighted by Crippen LogP contribution is -2.40. The number of fused-ring (bicyclic) bond motifs is 1. The van der Waals surface area contributed by atoms with Crippen LogP contribution in [0.15, 0.2) is 42.5 Å². The van der Waals surface area contributed by atoms with Gasteiger partial charge >= 0.3 is 5.97 Å². The van der Waals surface area contributed by atoms with Crippen molar-refractivity contribution in [1.82, 2.24) is 0 Å². The molecule has 8 heteroatoms. The molecule has 1 N–H and O–H groups in total. The highest BCUT2D eigenvalue weighted by molar-refractivity contribution is 6.02. The largest absolute Gasteiger partial charge is 0.482 e. The SMILES string of the molecule is COC(=O)c1ccc(NC(=O)CCN2C(=O)COc3ccc(C(C)=O)cc32)cc1. The van der Waals surface area contributed by atoms with Gasteiger partial charge in [-0.1, -0.05) is 0 Å². The summed E-state index contributed by atoms with van der Waals surface area (Å²) in [5, 5.41) is 2.72. The van der Waals surface area contributed by atoms with Gasteiger partial charge in [0.2, 0.25) is 5.91 Å². The third-order valence-corrected chi connectivity index (χ3v) is 4.46. The number of anilines is 2. The van der Waals surface area contributed by atoms with E-state index >= 15 is 0 Å². The van der Waals surface area contributed by atoms with Crippen LogP contribution >= 0.6 is 0 Å². The minimum absolute atomic E-state index is 0.0498. The van der Waals surface area contributed by atoms with E-state index in [9.17, 15) is 19.2 Å². The van der Waals surface area contributed by atoms with Gasteiger partial charge in [-0.05, 0) is 49.4 Å². The number of ether oxygens (including phenoxy) is 2. The van der Waals surface area contributed by atoms with Gasteiger partial charge < -0.3 is 19.7 Å². The molecule has 1 aliphatic heterocycles. The summed E-state index contributed by atoms with van der Waals surface area (Å²) < 4.78 is 10.0. The smallest absolute Gasteiger partial charge is 0.337 e. The number of methoxy groups -OCH3 is 1. The fourth-order valence-corrected chi connectivity index (χ4v) is 2.91. The lowest BCUT2D eigenvalue weighted by molar-refractivity contribution is -0.121. The molecular formula is C21H20N2O6. The predicted octanol–water partition coefficient (Wildman–Crippen LogP) is 2.43. The zero-order chi connectivity index (χ0) is 21.0. The Morgan fingerprint density at radius 1 is 1.10 bits per heavy atom. The summed E-state index contributed by atoms with van der Waals surface area (Å²) in [6.07, 6.45) is 0.0498. The molecule has 0 saturated carbocycles. The van der Waals surface area contributed by atoms with Crippen molar-refractivity contribution in [2.24, 2.45) is 0 Å². The molecule has 1 heterocycles. The normalized spacial score (nSPS) is 12.6. The summed E-state index contributed by atoms with van der Waals surface area (Å²) >= 11 is 0. The van der Waals surface area contributed by atoms with Crippen LogP contribution in [-0.4, -0.2) is 43.8 Å². The van der Waals surface area contributed by atoms with E-state index in [-0.39, 0.29) is 37.2 Å². The van der Waals surface area contributed by atoms with E-state index in [4.69, 9.17) is 4.74 Å². The standard InChI is InChI=1S/C21H20N2O6/c1-13(24)15-5-8-18-17(11-15)23(20(26)12-29-18)10-9-19(25)22-16-6-3-14(4-7-16)21(27)28-2/h3-8,11H,9-10,12H2,1-2H3,(H,22,25). The number of nitrogens with one attached hydrogen (secondary N) is 1. The van der Waals surface area contributed by atoms with Gasteiger partial charge in [0, 0.05) is 24.2 Å². The molecule has 0 bridgehead atoms. The first-order valence-corrected chi connectivity index (χ1v) is 8.95. The van der Waals surface area contributed by atoms with Crippen molar-refractivity contribution in [2.75, 3.05) is 30.5 Å². The summed E-state index contributed by atoms with van der Waals surface area (Å²) in [7, 11) is 1.29. The monoisotopic (exact) mass is 396 g/mol. The number of Topliss-reactive ketones (excluding diaryl/α,β-unsaturated/α-hetero) is 1. The highest BCUT2D eigenvalue weighted by atomic mass is 16.5. The molecule has 0 radical (unpaired) electrons. The third-order valence-electron chi connectivity index (χ3n) is 4.46. The molecule has 2 amide bonds. The van der Waals surface area contributed by atoms with Crippen LogP contribution in [0.4, 0.5) is 11.4 Å². The number of benzene rings is 2. The maximum Gasteiger partial charge on any atom is 0.337 e. The zero-order valence-electron chi connectivity index (χ0n) is 16.1. The second kappa shape index (κ2) is 8.55. The Balaban J connectivity index is 1.66.